The Morgan fingerprint density at radius 3 is 2.27 bits per heavy atom. The third-order valence-electron chi connectivity index (χ3n) is 1.82. The maximum Gasteiger partial charge on any atom is 0.311 e. The number of carbonyl (C=O) groups excluding carboxylic acids is 2. The maximum absolute atomic E-state index is 11.3. The van der Waals surface area contributed by atoms with Gasteiger partial charge >= 0.3 is 11.8 Å². The van der Waals surface area contributed by atoms with Gasteiger partial charge in [0.1, 0.15) is 0 Å². The fraction of sp³-hybridized carbons (Fsp3) is 0.778. The molecule has 0 rings (SSSR count). The van der Waals surface area contributed by atoms with Gasteiger partial charge in [-0.05, 0) is 13.8 Å². The second-order valence-electron chi connectivity index (χ2n) is 3.95. The van der Waals surface area contributed by atoms with Crippen LogP contribution in [0.5, 0.6) is 0 Å². The summed E-state index contributed by atoms with van der Waals surface area (Å²) in [4.78, 5) is 23.8. The molecule has 88 valence electrons. The van der Waals surface area contributed by atoms with Crippen molar-refractivity contribution < 1.29 is 19.8 Å². The smallest absolute Gasteiger partial charge is 0.311 e. The fourth-order valence-corrected chi connectivity index (χ4v) is 0.825. The molecule has 0 atom stereocenters. The van der Waals surface area contributed by atoms with Crippen molar-refractivity contribution in [3.63, 3.8) is 0 Å². The maximum atomic E-state index is 11.3. The molecule has 0 spiro atoms. The minimum Gasteiger partial charge on any atom is -0.395 e. The average molecular weight is 218 g/mol. The lowest BCUT2D eigenvalue weighted by Gasteiger charge is -2.24. The standard InChI is InChI=1S/C9H18N2O4/c1-9(2,6-13)10-7(14)8(15)11(3)4-5-12/h12-13H,4-6H2,1-3H3,(H,10,14). The lowest BCUT2D eigenvalue weighted by atomic mass is 10.1. The van der Waals surface area contributed by atoms with Crippen LogP contribution < -0.4 is 5.32 Å². The predicted octanol–water partition coefficient (Wildman–Crippen LogP) is -1.68. The molecule has 0 bridgehead atoms. The molecule has 0 aromatic carbocycles. The Labute approximate surface area is 88.9 Å². The Hall–Kier alpha value is -1.14. The Morgan fingerprint density at radius 1 is 1.33 bits per heavy atom. The van der Waals surface area contributed by atoms with Crippen LogP contribution in [0.3, 0.4) is 0 Å². The van der Waals surface area contributed by atoms with Gasteiger partial charge in [-0.2, -0.15) is 0 Å². The summed E-state index contributed by atoms with van der Waals surface area (Å²) in [5, 5.41) is 19.9. The summed E-state index contributed by atoms with van der Waals surface area (Å²) >= 11 is 0. The van der Waals surface area contributed by atoms with E-state index >= 15 is 0 Å². The van der Waals surface area contributed by atoms with Gasteiger partial charge in [-0.25, -0.2) is 0 Å². The fourth-order valence-electron chi connectivity index (χ4n) is 0.825. The number of likely N-dealkylation sites (N-methyl/N-ethyl adjacent to an activating group) is 1. The molecule has 0 radical (unpaired) electrons. The molecule has 0 unspecified atom stereocenters. The van der Waals surface area contributed by atoms with E-state index in [9.17, 15) is 9.59 Å². The van der Waals surface area contributed by atoms with Crippen LogP contribution in [0, 0.1) is 0 Å². The Bertz CT molecular complexity index is 240. The van der Waals surface area contributed by atoms with Crippen molar-refractivity contribution in [1.29, 1.82) is 0 Å². The topological polar surface area (TPSA) is 89.9 Å². The van der Waals surface area contributed by atoms with E-state index in [0.29, 0.717) is 0 Å². The van der Waals surface area contributed by atoms with Gasteiger partial charge in [0.2, 0.25) is 0 Å². The van der Waals surface area contributed by atoms with Gasteiger partial charge in [0.25, 0.3) is 0 Å². The Balaban J connectivity index is 4.28. The largest absolute Gasteiger partial charge is 0.395 e. The van der Waals surface area contributed by atoms with Crippen LogP contribution >= 0.6 is 0 Å². The van der Waals surface area contributed by atoms with Gasteiger partial charge in [-0.1, -0.05) is 0 Å². The van der Waals surface area contributed by atoms with E-state index in [1.165, 1.54) is 7.05 Å². The second-order valence-corrected chi connectivity index (χ2v) is 3.95. The van der Waals surface area contributed by atoms with E-state index in [0.717, 1.165) is 4.90 Å². The van der Waals surface area contributed by atoms with Gasteiger partial charge in [0.15, 0.2) is 0 Å². The zero-order valence-electron chi connectivity index (χ0n) is 9.28. The molecule has 0 saturated heterocycles. The van der Waals surface area contributed by atoms with Crippen LogP contribution in [0.4, 0.5) is 0 Å². The Morgan fingerprint density at radius 2 is 1.87 bits per heavy atom. The van der Waals surface area contributed by atoms with Gasteiger partial charge in [0, 0.05) is 13.6 Å². The van der Waals surface area contributed by atoms with Crippen molar-refractivity contribution >= 4 is 11.8 Å². The van der Waals surface area contributed by atoms with Crippen LogP contribution in [0.2, 0.25) is 0 Å². The quantitative estimate of drug-likeness (QED) is 0.492. The van der Waals surface area contributed by atoms with Crippen LogP contribution in [0.1, 0.15) is 13.8 Å². The number of hydrogen-bond donors (Lipinski definition) is 3. The third-order valence-corrected chi connectivity index (χ3v) is 1.82. The molecule has 0 heterocycles. The first-order valence-corrected chi connectivity index (χ1v) is 4.63. The zero-order chi connectivity index (χ0) is 12.1. The lowest BCUT2D eigenvalue weighted by molar-refractivity contribution is -0.146. The van der Waals surface area contributed by atoms with Crippen molar-refractivity contribution in [3.05, 3.63) is 0 Å². The van der Waals surface area contributed by atoms with Crippen molar-refractivity contribution in [3.8, 4) is 0 Å². The monoisotopic (exact) mass is 218 g/mol. The van der Waals surface area contributed by atoms with Crippen LogP contribution in [-0.2, 0) is 9.59 Å². The molecule has 0 saturated carbocycles. The van der Waals surface area contributed by atoms with Crippen LogP contribution in [0.25, 0.3) is 0 Å². The second kappa shape index (κ2) is 5.67. The summed E-state index contributed by atoms with van der Waals surface area (Å²) in [6.45, 7) is 2.86. The summed E-state index contributed by atoms with van der Waals surface area (Å²) < 4.78 is 0. The van der Waals surface area contributed by atoms with Gasteiger partial charge in [-0.3, -0.25) is 9.59 Å². The summed E-state index contributed by atoms with van der Waals surface area (Å²) in [7, 11) is 1.42. The summed E-state index contributed by atoms with van der Waals surface area (Å²) in [6, 6.07) is 0. The molecule has 0 aliphatic heterocycles. The van der Waals surface area contributed by atoms with Crippen LogP contribution in [0.15, 0.2) is 0 Å². The summed E-state index contributed by atoms with van der Waals surface area (Å²) in [5.41, 5.74) is -0.827. The van der Waals surface area contributed by atoms with E-state index in [1.54, 1.807) is 13.8 Å². The van der Waals surface area contributed by atoms with Crippen LogP contribution in [-0.4, -0.2) is 59.3 Å². The van der Waals surface area contributed by atoms with Gasteiger partial charge in [0.05, 0.1) is 18.8 Å². The number of amides is 2. The molecule has 0 aromatic rings. The molecule has 0 aliphatic carbocycles. The van der Waals surface area contributed by atoms with E-state index in [1.807, 2.05) is 0 Å². The minimum atomic E-state index is -0.827. The highest BCUT2D eigenvalue weighted by molar-refractivity contribution is 6.35. The van der Waals surface area contributed by atoms with Gasteiger partial charge in [-0.15, -0.1) is 0 Å². The number of aliphatic hydroxyl groups excluding tert-OH is 2. The summed E-state index contributed by atoms with van der Waals surface area (Å²) in [6.07, 6.45) is 0. The van der Waals surface area contributed by atoms with Crippen molar-refractivity contribution in [1.82, 2.24) is 10.2 Å². The normalized spacial score (nSPS) is 11.0. The highest BCUT2D eigenvalue weighted by Crippen LogP contribution is 1.99. The number of aliphatic hydroxyl groups is 2. The molecule has 3 N–H and O–H groups in total. The Kier molecular flexibility index (Phi) is 5.24. The molecule has 0 fully saturated rings. The third kappa shape index (κ3) is 4.75. The first-order chi connectivity index (χ1) is 6.84. The number of rotatable bonds is 4. The number of hydrogen-bond acceptors (Lipinski definition) is 4. The molecule has 0 aromatic heterocycles. The highest BCUT2D eigenvalue weighted by atomic mass is 16.3. The highest BCUT2D eigenvalue weighted by Gasteiger charge is 2.25. The number of nitrogens with zero attached hydrogens (tertiary/aromatic N) is 1. The lowest BCUT2D eigenvalue weighted by Crippen LogP contribution is -2.52. The van der Waals surface area contributed by atoms with E-state index in [-0.39, 0.29) is 19.8 Å². The summed E-state index contributed by atoms with van der Waals surface area (Å²) in [5.74, 6) is -1.52. The first-order valence-electron chi connectivity index (χ1n) is 4.63. The molecular weight excluding hydrogens is 200 g/mol. The number of nitrogens with one attached hydrogen (secondary N) is 1. The van der Waals surface area contributed by atoms with E-state index < -0.39 is 17.4 Å². The average Bonchev–Trinajstić information content (AvgIpc) is 2.16. The molecule has 0 aliphatic rings. The predicted molar refractivity (Wildman–Crippen MR) is 54.0 cm³/mol. The molecular formula is C9H18N2O4. The molecule has 6 nitrogen and oxygen atoms in total. The van der Waals surface area contributed by atoms with Crippen molar-refractivity contribution in [2.45, 2.75) is 19.4 Å². The molecule has 15 heavy (non-hydrogen) atoms. The number of carbonyl (C=O) groups is 2. The van der Waals surface area contributed by atoms with E-state index in [4.69, 9.17) is 10.2 Å². The van der Waals surface area contributed by atoms with E-state index in [2.05, 4.69) is 5.32 Å². The van der Waals surface area contributed by atoms with Crippen molar-refractivity contribution in [2.24, 2.45) is 0 Å². The minimum absolute atomic E-state index is 0.103. The van der Waals surface area contributed by atoms with Crippen molar-refractivity contribution in [2.75, 3.05) is 26.8 Å². The first kappa shape index (κ1) is 13.9. The molecule has 2 amide bonds. The van der Waals surface area contributed by atoms with Gasteiger partial charge < -0.3 is 20.4 Å². The molecule has 6 heteroatoms. The zero-order valence-corrected chi connectivity index (χ0v) is 9.28. The SMILES string of the molecule is CN(CCO)C(=O)C(=O)NC(C)(C)CO.